The molecule has 0 aromatic carbocycles. The summed E-state index contributed by atoms with van der Waals surface area (Å²) in [7, 11) is 0. The average molecular weight is 258 g/mol. The van der Waals surface area contributed by atoms with Crippen LogP contribution in [0.5, 0.6) is 0 Å². The summed E-state index contributed by atoms with van der Waals surface area (Å²) >= 11 is 0. The van der Waals surface area contributed by atoms with Crippen molar-refractivity contribution in [1.29, 1.82) is 0 Å². The van der Waals surface area contributed by atoms with Crippen LogP contribution in [0.4, 0.5) is 0 Å². The Bertz CT molecular complexity index is 567. The molecule has 0 saturated heterocycles. The molecule has 6 heteroatoms. The van der Waals surface area contributed by atoms with Gasteiger partial charge in [0.2, 0.25) is 0 Å². The van der Waals surface area contributed by atoms with Gasteiger partial charge in [0.1, 0.15) is 12.4 Å². The Labute approximate surface area is 110 Å². The molecular weight excluding hydrogens is 244 g/mol. The summed E-state index contributed by atoms with van der Waals surface area (Å²) in [5.74, 6) is 0.794. The number of carbonyl (C=O) groups excluding carboxylic acids is 1. The second kappa shape index (κ2) is 5.19. The van der Waals surface area contributed by atoms with Crippen LogP contribution in [-0.4, -0.2) is 33.1 Å². The molecule has 6 nitrogen and oxygen atoms in total. The van der Waals surface area contributed by atoms with Gasteiger partial charge in [-0.15, -0.1) is 0 Å². The number of hydrogen-bond acceptors (Lipinski definition) is 4. The third kappa shape index (κ3) is 2.63. The molecule has 1 atom stereocenters. The van der Waals surface area contributed by atoms with Gasteiger partial charge in [0.05, 0.1) is 18.2 Å². The Hall–Kier alpha value is -2.21. The van der Waals surface area contributed by atoms with Crippen molar-refractivity contribution in [3.8, 4) is 0 Å². The third-order valence-electron chi connectivity index (χ3n) is 3.06. The summed E-state index contributed by atoms with van der Waals surface area (Å²) in [6, 6.07) is 3.47. The number of pyridine rings is 1. The fraction of sp³-hybridized carbons (Fsp3) is 0.308. The van der Waals surface area contributed by atoms with Crippen molar-refractivity contribution in [2.75, 3.05) is 6.54 Å². The van der Waals surface area contributed by atoms with Gasteiger partial charge in [-0.2, -0.15) is 0 Å². The van der Waals surface area contributed by atoms with Crippen LogP contribution in [-0.2, 0) is 17.9 Å². The number of hydrogen-bond donors (Lipinski definition) is 1. The van der Waals surface area contributed by atoms with Crippen molar-refractivity contribution >= 4 is 5.91 Å². The fourth-order valence-corrected chi connectivity index (χ4v) is 2.04. The van der Waals surface area contributed by atoms with Gasteiger partial charge in [-0.05, 0) is 12.1 Å². The quantitative estimate of drug-likeness (QED) is 0.875. The monoisotopic (exact) mass is 258 g/mol. The maximum absolute atomic E-state index is 11.9. The Kier molecular flexibility index (Phi) is 3.24. The lowest BCUT2D eigenvalue weighted by Gasteiger charge is -2.24. The van der Waals surface area contributed by atoms with Crippen LogP contribution in [0.25, 0.3) is 0 Å². The molecule has 3 rings (SSSR count). The van der Waals surface area contributed by atoms with E-state index < -0.39 is 0 Å². The molecular formula is C13H14N4O2. The molecule has 0 saturated carbocycles. The average Bonchev–Trinajstić information content (AvgIpc) is 2.93. The second-order valence-electron chi connectivity index (χ2n) is 4.38. The van der Waals surface area contributed by atoms with E-state index in [9.17, 15) is 4.79 Å². The Balaban J connectivity index is 1.55. The van der Waals surface area contributed by atoms with Crippen LogP contribution in [0.2, 0.25) is 0 Å². The number of aromatic nitrogens is 3. The molecule has 0 unspecified atom stereocenters. The summed E-state index contributed by atoms with van der Waals surface area (Å²) in [6.07, 6.45) is 6.85. The van der Waals surface area contributed by atoms with E-state index in [0.717, 1.165) is 5.82 Å². The van der Waals surface area contributed by atoms with Crippen molar-refractivity contribution in [2.45, 2.75) is 19.3 Å². The van der Waals surface area contributed by atoms with Gasteiger partial charge in [0.15, 0.2) is 0 Å². The smallest absolute Gasteiger partial charge is 0.252 e. The Morgan fingerprint density at radius 2 is 2.47 bits per heavy atom. The predicted molar refractivity (Wildman–Crippen MR) is 67.4 cm³/mol. The zero-order valence-corrected chi connectivity index (χ0v) is 10.3. The van der Waals surface area contributed by atoms with Crippen LogP contribution in [0.1, 0.15) is 16.2 Å². The van der Waals surface area contributed by atoms with Crippen LogP contribution < -0.4 is 5.32 Å². The van der Waals surface area contributed by atoms with Gasteiger partial charge in [0.25, 0.3) is 5.91 Å². The highest BCUT2D eigenvalue weighted by molar-refractivity contribution is 5.93. The molecule has 1 aliphatic rings. The van der Waals surface area contributed by atoms with E-state index in [2.05, 4.69) is 15.3 Å². The Morgan fingerprint density at radius 3 is 3.32 bits per heavy atom. The molecule has 2 aromatic rings. The number of rotatable bonds is 3. The van der Waals surface area contributed by atoms with E-state index in [1.807, 2.05) is 10.8 Å². The SMILES string of the molecule is O=C(NC[C@H]1Cn2ccnc2CO1)c1cccnc1. The van der Waals surface area contributed by atoms with Gasteiger partial charge in [-0.3, -0.25) is 9.78 Å². The predicted octanol–water partition coefficient (Wildman–Crippen LogP) is 0.607. The third-order valence-corrected chi connectivity index (χ3v) is 3.06. The van der Waals surface area contributed by atoms with Crippen molar-refractivity contribution in [3.05, 3.63) is 48.3 Å². The highest BCUT2D eigenvalue weighted by Crippen LogP contribution is 2.11. The van der Waals surface area contributed by atoms with Gasteiger partial charge < -0.3 is 14.6 Å². The number of imidazole rings is 1. The lowest BCUT2D eigenvalue weighted by molar-refractivity contribution is 0.00327. The van der Waals surface area contributed by atoms with E-state index in [0.29, 0.717) is 25.3 Å². The van der Waals surface area contributed by atoms with Gasteiger partial charge in [-0.25, -0.2) is 4.98 Å². The van der Waals surface area contributed by atoms with E-state index in [-0.39, 0.29) is 12.0 Å². The summed E-state index contributed by atoms with van der Waals surface area (Å²) < 4.78 is 7.68. The number of nitrogens with one attached hydrogen (secondary N) is 1. The van der Waals surface area contributed by atoms with Crippen molar-refractivity contribution in [3.63, 3.8) is 0 Å². The molecule has 1 N–H and O–H groups in total. The summed E-state index contributed by atoms with van der Waals surface area (Å²) in [4.78, 5) is 20.0. The number of nitrogens with zero attached hydrogens (tertiary/aromatic N) is 3. The number of fused-ring (bicyclic) bond motifs is 1. The van der Waals surface area contributed by atoms with Crippen molar-refractivity contribution in [1.82, 2.24) is 19.9 Å². The highest BCUT2D eigenvalue weighted by atomic mass is 16.5. The lowest BCUT2D eigenvalue weighted by atomic mass is 10.2. The van der Waals surface area contributed by atoms with E-state index in [4.69, 9.17) is 4.74 Å². The first-order chi connectivity index (χ1) is 9.33. The zero-order chi connectivity index (χ0) is 13.1. The largest absolute Gasteiger partial charge is 0.367 e. The zero-order valence-electron chi connectivity index (χ0n) is 10.3. The van der Waals surface area contributed by atoms with E-state index >= 15 is 0 Å². The number of carbonyl (C=O) groups is 1. The van der Waals surface area contributed by atoms with Crippen molar-refractivity contribution in [2.24, 2.45) is 0 Å². The molecule has 1 amide bonds. The minimum atomic E-state index is -0.131. The van der Waals surface area contributed by atoms with Crippen LogP contribution in [0.3, 0.4) is 0 Å². The molecule has 1 aliphatic heterocycles. The van der Waals surface area contributed by atoms with E-state index in [1.54, 1.807) is 30.7 Å². The molecule has 3 heterocycles. The number of ether oxygens (including phenoxy) is 1. The maximum atomic E-state index is 11.9. The lowest BCUT2D eigenvalue weighted by Crippen LogP contribution is -2.38. The fourth-order valence-electron chi connectivity index (χ4n) is 2.04. The normalized spacial score (nSPS) is 17.8. The molecule has 19 heavy (non-hydrogen) atoms. The molecule has 2 aromatic heterocycles. The van der Waals surface area contributed by atoms with Gasteiger partial charge >= 0.3 is 0 Å². The summed E-state index contributed by atoms with van der Waals surface area (Å²) in [5, 5.41) is 2.85. The van der Waals surface area contributed by atoms with Gasteiger partial charge in [0, 0.05) is 31.3 Å². The standard InChI is InChI=1S/C13H14N4O2/c18-13(10-2-1-3-14-6-10)16-7-11-8-17-5-4-15-12(17)9-19-11/h1-6,11H,7-9H2,(H,16,18)/t11-/m0/s1. The van der Waals surface area contributed by atoms with Gasteiger partial charge in [-0.1, -0.05) is 0 Å². The Morgan fingerprint density at radius 1 is 1.53 bits per heavy atom. The number of amides is 1. The molecule has 0 fully saturated rings. The molecule has 0 aliphatic carbocycles. The first-order valence-electron chi connectivity index (χ1n) is 6.13. The van der Waals surface area contributed by atoms with Crippen molar-refractivity contribution < 1.29 is 9.53 Å². The maximum Gasteiger partial charge on any atom is 0.252 e. The molecule has 0 radical (unpaired) electrons. The summed E-state index contributed by atoms with van der Waals surface area (Å²) in [6.45, 7) is 1.68. The molecule has 0 bridgehead atoms. The minimum absolute atomic E-state index is 0.0256. The topological polar surface area (TPSA) is 69.0 Å². The minimum Gasteiger partial charge on any atom is -0.367 e. The first kappa shape index (κ1) is 11.9. The molecule has 0 spiro atoms. The van der Waals surface area contributed by atoms with Crippen LogP contribution in [0.15, 0.2) is 36.9 Å². The van der Waals surface area contributed by atoms with Crippen LogP contribution >= 0.6 is 0 Å². The first-order valence-corrected chi connectivity index (χ1v) is 6.13. The summed E-state index contributed by atoms with van der Waals surface area (Å²) in [5.41, 5.74) is 0.557. The molecule has 98 valence electrons. The van der Waals surface area contributed by atoms with Crippen LogP contribution in [0, 0.1) is 0 Å². The second-order valence-corrected chi connectivity index (χ2v) is 4.38. The highest BCUT2D eigenvalue weighted by Gasteiger charge is 2.19. The van der Waals surface area contributed by atoms with E-state index in [1.165, 1.54) is 0 Å².